The zero-order valence-electron chi connectivity index (χ0n) is 22.4. The molecule has 8 aromatic rings. The van der Waals surface area contributed by atoms with Crippen LogP contribution >= 0.6 is 0 Å². The Morgan fingerprint density at radius 3 is 1.37 bits per heavy atom. The number of hydrogen-bond donors (Lipinski definition) is 0. The minimum atomic E-state index is 1.17. The third-order valence-electron chi connectivity index (χ3n) is 8.11. The molecule has 192 valence electrons. The monoisotopic (exact) mass is 522 g/mol. The second-order valence-electron chi connectivity index (χ2n) is 10.5. The summed E-state index contributed by atoms with van der Waals surface area (Å²) in [6, 6.07) is 52.6. The van der Waals surface area contributed by atoms with E-state index >= 15 is 0 Å². The van der Waals surface area contributed by atoms with Gasteiger partial charge in [0.2, 0.25) is 0 Å². The van der Waals surface area contributed by atoms with E-state index in [2.05, 4.69) is 143 Å². The summed E-state index contributed by atoms with van der Waals surface area (Å²) in [5.74, 6) is 0. The first-order valence-electron chi connectivity index (χ1n) is 14.0. The quantitative estimate of drug-likeness (QED) is 0.225. The topological polar surface area (TPSA) is 17.8 Å². The van der Waals surface area contributed by atoms with Gasteiger partial charge in [-0.3, -0.25) is 4.98 Å². The highest BCUT2D eigenvalue weighted by Crippen LogP contribution is 2.34. The predicted molar refractivity (Wildman–Crippen MR) is 172 cm³/mol. The third-order valence-corrected chi connectivity index (χ3v) is 8.11. The van der Waals surface area contributed by atoms with Gasteiger partial charge in [-0.1, -0.05) is 97.1 Å². The highest BCUT2D eigenvalue weighted by atomic mass is 15.0. The Hall–Kier alpha value is -5.47. The van der Waals surface area contributed by atoms with Crippen LogP contribution < -0.4 is 0 Å². The SMILES string of the molecule is c1ccc2c(c1)c1ccccc1n2-c1ccc(-c2ccc3ccc(-c4ccc(-c5ccncc5)cc4)cc3c2)cc1. The number of para-hydroxylation sites is 2. The van der Waals surface area contributed by atoms with E-state index in [1.54, 1.807) is 0 Å². The summed E-state index contributed by atoms with van der Waals surface area (Å²) in [6.45, 7) is 0. The Balaban J connectivity index is 1.14. The molecule has 0 atom stereocenters. The Labute approximate surface area is 238 Å². The molecule has 0 aliphatic carbocycles. The molecule has 0 aliphatic heterocycles. The molecule has 0 fully saturated rings. The highest BCUT2D eigenvalue weighted by Gasteiger charge is 2.11. The van der Waals surface area contributed by atoms with Crippen molar-refractivity contribution in [2.45, 2.75) is 0 Å². The van der Waals surface area contributed by atoms with Crippen molar-refractivity contribution in [2.24, 2.45) is 0 Å². The van der Waals surface area contributed by atoms with Gasteiger partial charge in [0.25, 0.3) is 0 Å². The van der Waals surface area contributed by atoms with E-state index in [-0.39, 0.29) is 0 Å². The van der Waals surface area contributed by atoms with Gasteiger partial charge in [0.05, 0.1) is 11.0 Å². The fraction of sp³-hybridized carbons (Fsp3) is 0. The van der Waals surface area contributed by atoms with Gasteiger partial charge in [0.15, 0.2) is 0 Å². The number of aromatic nitrogens is 2. The van der Waals surface area contributed by atoms with Crippen LogP contribution in [-0.2, 0) is 0 Å². The third kappa shape index (κ3) is 4.09. The molecular weight excluding hydrogens is 496 g/mol. The summed E-state index contributed by atoms with van der Waals surface area (Å²) < 4.78 is 2.36. The van der Waals surface area contributed by atoms with Crippen molar-refractivity contribution in [3.05, 3.63) is 158 Å². The van der Waals surface area contributed by atoms with Crippen LogP contribution in [0, 0.1) is 0 Å². The first kappa shape index (κ1) is 23.4. The lowest BCUT2D eigenvalue weighted by molar-refractivity contribution is 1.18. The summed E-state index contributed by atoms with van der Waals surface area (Å²) in [4.78, 5) is 4.13. The van der Waals surface area contributed by atoms with Crippen molar-refractivity contribution in [1.29, 1.82) is 0 Å². The number of fused-ring (bicyclic) bond motifs is 4. The first-order valence-corrected chi connectivity index (χ1v) is 14.0. The fourth-order valence-corrected chi connectivity index (χ4v) is 6.01. The van der Waals surface area contributed by atoms with Crippen molar-refractivity contribution in [3.8, 4) is 39.1 Å². The molecule has 2 heteroatoms. The molecule has 0 bridgehead atoms. The number of pyridine rings is 1. The number of rotatable bonds is 4. The average Bonchev–Trinajstić information content (AvgIpc) is 3.39. The minimum Gasteiger partial charge on any atom is -0.309 e. The number of benzene rings is 6. The molecule has 0 spiro atoms. The van der Waals surface area contributed by atoms with Crippen molar-refractivity contribution in [3.63, 3.8) is 0 Å². The summed E-state index contributed by atoms with van der Waals surface area (Å²) in [5, 5.41) is 5.05. The lowest BCUT2D eigenvalue weighted by Gasteiger charge is -2.10. The van der Waals surface area contributed by atoms with Crippen LogP contribution in [0.3, 0.4) is 0 Å². The maximum absolute atomic E-state index is 4.13. The van der Waals surface area contributed by atoms with E-state index in [0.717, 1.165) is 0 Å². The maximum atomic E-state index is 4.13. The van der Waals surface area contributed by atoms with Gasteiger partial charge in [-0.05, 0) is 92.7 Å². The van der Waals surface area contributed by atoms with Gasteiger partial charge in [-0.25, -0.2) is 0 Å². The molecule has 0 radical (unpaired) electrons. The molecule has 0 unspecified atom stereocenters. The number of hydrogen-bond acceptors (Lipinski definition) is 1. The van der Waals surface area contributed by atoms with Crippen LogP contribution in [0.4, 0.5) is 0 Å². The van der Waals surface area contributed by atoms with Gasteiger partial charge in [-0.15, -0.1) is 0 Å². The summed E-state index contributed by atoms with van der Waals surface area (Å²) in [5.41, 5.74) is 10.9. The zero-order chi connectivity index (χ0) is 27.2. The molecular formula is C39H26N2. The minimum absolute atomic E-state index is 1.17. The summed E-state index contributed by atoms with van der Waals surface area (Å²) >= 11 is 0. The molecule has 0 aliphatic rings. The Morgan fingerprint density at radius 1 is 0.366 bits per heavy atom. The Bertz CT molecular complexity index is 2120. The molecule has 0 N–H and O–H groups in total. The average molecular weight is 523 g/mol. The van der Waals surface area contributed by atoms with Crippen molar-refractivity contribution in [2.75, 3.05) is 0 Å². The van der Waals surface area contributed by atoms with E-state index in [0.29, 0.717) is 0 Å². The van der Waals surface area contributed by atoms with Gasteiger partial charge >= 0.3 is 0 Å². The van der Waals surface area contributed by atoms with Gasteiger partial charge in [0.1, 0.15) is 0 Å². The first-order chi connectivity index (χ1) is 20.3. The Kier molecular flexibility index (Phi) is 5.49. The standard InChI is InChI=1S/C39H26N2/c1-3-7-38-36(5-1)37-6-2-4-8-39(37)41(38)35-19-17-29(18-20-35)33-16-14-30-13-15-32(25-34(30)26-33)28-11-9-27(10-12-28)31-21-23-40-24-22-31/h1-26H. The summed E-state index contributed by atoms with van der Waals surface area (Å²) in [7, 11) is 0. The lowest BCUT2D eigenvalue weighted by Crippen LogP contribution is -1.93. The van der Waals surface area contributed by atoms with Crippen LogP contribution in [0.25, 0.3) is 71.6 Å². The fourth-order valence-electron chi connectivity index (χ4n) is 6.01. The van der Waals surface area contributed by atoms with E-state index < -0.39 is 0 Å². The molecule has 2 aromatic heterocycles. The molecule has 0 saturated carbocycles. The molecule has 2 heterocycles. The van der Waals surface area contributed by atoms with Gasteiger partial charge in [-0.2, -0.15) is 0 Å². The number of nitrogens with zero attached hydrogens (tertiary/aromatic N) is 2. The molecule has 41 heavy (non-hydrogen) atoms. The van der Waals surface area contributed by atoms with Crippen LogP contribution in [0.15, 0.2) is 158 Å². The second-order valence-corrected chi connectivity index (χ2v) is 10.5. The van der Waals surface area contributed by atoms with Crippen LogP contribution in [-0.4, -0.2) is 9.55 Å². The van der Waals surface area contributed by atoms with Crippen LogP contribution in [0.2, 0.25) is 0 Å². The lowest BCUT2D eigenvalue weighted by atomic mass is 9.96. The predicted octanol–water partition coefficient (Wildman–Crippen LogP) is 10.3. The van der Waals surface area contributed by atoms with E-state index in [4.69, 9.17) is 0 Å². The zero-order valence-corrected chi connectivity index (χ0v) is 22.4. The van der Waals surface area contributed by atoms with Gasteiger partial charge in [0, 0.05) is 28.9 Å². The maximum Gasteiger partial charge on any atom is 0.0541 e. The molecule has 8 rings (SSSR count). The largest absolute Gasteiger partial charge is 0.309 e. The van der Waals surface area contributed by atoms with E-state index in [1.807, 2.05) is 24.5 Å². The smallest absolute Gasteiger partial charge is 0.0541 e. The molecule has 0 saturated heterocycles. The van der Waals surface area contributed by atoms with E-state index in [1.165, 1.54) is 71.6 Å². The van der Waals surface area contributed by atoms with Crippen LogP contribution in [0.5, 0.6) is 0 Å². The normalized spacial score (nSPS) is 11.4. The van der Waals surface area contributed by atoms with Crippen molar-refractivity contribution >= 4 is 32.6 Å². The summed E-state index contributed by atoms with van der Waals surface area (Å²) in [6.07, 6.45) is 3.67. The van der Waals surface area contributed by atoms with Crippen molar-refractivity contribution in [1.82, 2.24) is 9.55 Å². The highest BCUT2D eigenvalue weighted by molar-refractivity contribution is 6.09. The molecule has 6 aromatic carbocycles. The van der Waals surface area contributed by atoms with Gasteiger partial charge < -0.3 is 4.57 Å². The Morgan fingerprint density at radius 2 is 0.805 bits per heavy atom. The van der Waals surface area contributed by atoms with Crippen LogP contribution in [0.1, 0.15) is 0 Å². The molecule has 2 nitrogen and oxygen atoms in total. The molecule has 0 amide bonds. The second kappa shape index (κ2) is 9.62. The van der Waals surface area contributed by atoms with E-state index in [9.17, 15) is 0 Å². The van der Waals surface area contributed by atoms with Crippen molar-refractivity contribution < 1.29 is 0 Å².